The second kappa shape index (κ2) is 8.53. The van der Waals surface area contributed by atoms with Crippen LogP contribution in [0.25, 0.3) is 11.5 Å². The van der Waals surface area contributed by atoms with Crippen molar-refractivity contribution in [2.75, 3.05) is 7.11 Å². The van der Waals surface area contributed by atoms with Crippen LogP contribution in [0, 0.1) is 40.7 Å². The van der Waals surface area contributed by atoms with Gasteiger partial charge in [0.15, 0.2) is 0 Å². The molecule has 0 aliphatic carbocycles. The molecule has 139 valence electrons. The first-order valence-electron chi connectivity index (χ1n) is 8.52. The minimum Gasteiger partial charge on any atom is -0.554 e. The van der Waals surface area contributed by atoms with E-state index in [4.69, 9.17) is 9.15 Å². The summed E-state index contributed by atoms with van der Waals surface area (Å²) < 4.78 is 12.1. The number of benzene rings is 2. The van der Waals surface area contributed by atoms with Gasteiger partial charge in [0.05, 0.1) is 13.7 Å². The SMILES string of the molecule is COc1c[c-]c(C)cc1Cn1nc(-c2cc(C)c(C)c(C)c2C)oc1=O.[Y]. The van der Waals surface area contributed by atoms with Gasteiger partial charge in [0.2, 0.25) is 5.89 Å². The van der Waals surface area contributed by atoms with Crippen LogP contribution >= 0.6 is 0 Å². The first-order valence-corrected chi connectivity index (χ1v) is 8.52. The molecule has 0 saturated heterocycles. The van der Waals surface area contributed by atoms with Crippen molar-refractivity contribution in [3.8, 4) is 17.2 Å². The number of hydrogen-bond acceptors (Lipinski definition) is 4. The van der Waals surface area contributed by atoms with Crippen molar-refractivity contribution in [2.45, 2.75) is 41.2 Å². The van der Waals surface area contributed by atoms with Gasteiger partial charge >= 0.3 is 5.76 Å². The standard InChI is InChI=1S/C21H23N2O3.Y/c1-12-7-8-19(25-6)17(9-12)11-23-21(24)26-20(22-23)18-10-13(2)14(3)15(4)16(18)5;/h8-10H,11H2,1-6H3;/q-1;. The van der Waals surface area contributed by atoms with E-state index in [-0.39, 0.29) is 39.3 Å². The first-order chi connectivity index (χ1) is 12.3. The Bertz CT molecular complexity index is 1030. The van der Waals surface area contributed by atoms with E-state index < -0.39 is 5.76 Å². The molecule has 0 amide bonds. The Morgan fingerprint density at radius 1 is 1.11 bits per heavy atom. The molecule has 1 aromatic heterocycles. The van der Waals surface area contributed by atoms with Crippen molar-refractivity contribution in [1.29, 1.82) is 0 Å². The molecule has 2 aromatic carbocycles. The van der Waals surface area contributed by atoms with Gasteiger partial charge in [0, 0.05) is 44.0 Å². The molecule has 3 rings (SSSR count). The fourth-order valence-electron chi connectivity index (χ4n) is 3.07. The van der Waals surface area contributed by atoms with E-state index in [2.05, 4.69) is 31.9 Å². The number of nitrogens with zero attached hydrogens (tertiary/aromatic N) is 2. The normalized spacial score (nSPS) is 10.6. The second-order valence-electron chi connectivity index (χ2n) is 6.66. The number of ether oxygens (including phenoxy) is 1. The van der Waals surface area contributed by atoms with E-state index in [0.717, 1.165) is 27.8 Å². The average molecular weight is 440 g/mol. The zero-order valence-electron chi connectivity index (χ0n) is 16.6. The molecule has 0 aliphatic rings. The van der Waals surface area contributed by atoms with Gasteiger partial charge in [-0.15, -0.1) is 11.2 Å². The number of aryl methyl sites for hydroxylation is 2. The summed E-state index contributed by atoms with van der Waals surface area (Å²) in [4.78, 5) is 12.3. The molecule has 0 aliphatic heterocycles. The van der Waals surface area contributed by atoms with Gasteiger partial charge in [0.25, 0.3) is 0 Å². The number of methoxy groups -OCH3 is 1. The largest absolute Gasteiger partial charge is 0.554 e. The number of aromatic nitrogens is 2. The van der Waals surface area contributed by atoms with Crippen LogP contribution in [-0.2, 0) is 39.3 Å². The van der Waals surface area contributed by atoms with Crippen LogP contribution in [0.2, 0.25) is 0 Å². The molecule has 5 nitrogen and oxygen atoms in total. The third kappa shape index (κ3) is 4.25. The monoisotopic (exact) mass is 440 g/mol. The Morgan fingerprint density at radius 2 is 1.81 bits per heavy atom. The Kier molecular flexibility index (Phi) is 6.82. The van der Waals surface area contributed by atoms with Crippen molar-refractivity contribution >= 4 is 0 Å². The van der Waals surface area contributed by atoms with Crippen molar-refractivity contribution < 1.29 is 41.9 Å². The van der Waals surface area contributed by atoms with Crippen LogP contribution in [-0.4, -0.2) is 16.9 Å². The number of hydrogen-bond donors (Lipinski definition) is 0. The van der Waals surface area contributed by atoms with Gasteiger partial charge in [-0.1, -0.05) is 12.5 Å². The summed E-state index contributed by atoms with van der Waals surface area (Å²) in [6.07, 6.45) is 0. The average Bonchev–Trinajstić information content (AvgIpc) is 2.97. The van der Waals surface area contributed by atoms with Gasteiger partial charge < -0.3 is 9.15 Å². The van der Waals surface area contributed by atoms with Crippen molar-refractivity contribution in [2.24, 2.45) is 0 Å². The third-order valence-corrected chi connectivity index (χ3v) is 5.00. The maximum absolute atomic E-state index is 12.3. The minimum absolute atomic E-state index is 0. The molecule has 0 N–H and O–H groups in total. The molecule has 3 aromatic rings. The molecule has 0 fully saturated rings. The Balaban J connectivity index is 0.00000261. The fourth-order valence-corrected chi connectivity index (χ4v) is 3.07. The van der Waals surface area contributed by atoms with Gasteiger partial charge in [-0.25, -0.2) is 4.79 Å². The second-order valence-corrected chi connectivity index (χ2v) is 6.66. The molecule has 0 saturated carbocycles. The number of rotatable bonds is 4. The predicted octanol–water partition coefficient (Wildman–Crippen LogP) is 3.90. The smallest absolute Gasteiger partial charge is 0.437 e. The molecule has 0 spiro atoms. The topological polar surface area (TPSA) is 57.3 Å². The summed E-state index contributed by atoms with van der Waals surface area (Å²) in [5, 5.41) is 4.42. The quantitative estimate of drug-likeness (QED) is 0.578. The molecule has 27 heavy (non-hydrogen) atoms. The maximum atomic E-state index is 12.3. The van der Waals surface area contributed by atoms with Crippen LogP contribution in [0.4, 0.5) is 0 Å². The van der Waals surface area contributed by atoms with Gasteiger partial charge in [-0.3, -0.25) is 0 Å². The Morgan fingerprint density at radius 3 is 2.48 bits per heavy atom. The molecule has 6 heteroatoms. The minimum atomic E-state index is -0.484. The van der Waals surface area contributed by atoms with E-state index in [1.807, 2.05) is 26.0 Å². The summed E-state index contributed by atoms with van der Waals surface area (Å²) in [7, 11) is 1.60. The van der Waals surface area contributed by atoms with E-state index in [0.29, 0.717) is 11.6 Å². The Hall–Kier alpha value is -1.72. The van der Waals surface area contributed by atoms with E-state index in [1.165, 1.54) is 15.8 Å². The zero-order valence-corrected chi connectivity index (χ0v) is 19.5. The van der Waals surface area contributed by atoms with Gasteiger partial charge in [-0.05, 0) is 56.0 Å². The van der Waals surface area contributed by atoms with Crippen molar-refractivity contribution in [3.63, 3.8) is 0 Å². The van der Waals surface area contributed by atoms with Crippen molar-refractivity contribution in [3.05, 3.63) is 68.2 Å². The van der Waals surface area contributed by atoms with E-state index >= 15 is 0 Å². The van der Waals surface area contributed by atoms with Crippen molar-refractivity contribution in [1.82, 2.24) is 9.78 Å². The molecule has 0 unspecified atom stereocenters. The first kappa shape index (κ1) is 21.6. The van der Waals surface area contributed by atoms with Gasteiger partial charge in [-0.2, -0.15) is 22.4 Å². The summed E-state index contributed by atoms with van der Waals surface area (Å²) in [5.74, 6) is 0.532. The van der Waals surface area contributed by atoms with Crippen LogP contribution in [0.3, 0.4) is 0 Å². The van der Waals surface area contributed by atoms with Crippen LogP contribution < -0.4 is 10.5 Å². The molecule has 1 heterocycles. The summed E-state index contributed by atoms with van der Waals surface area (Å²) >= 11 is 0. The van der Waals surface area contributed by atoms with Gasteiger partial charge in [0.1, 0.15) is 0 Å². The van der Waals surface area contributed by atoms with Crippen LogP contribution in [0.15, 0.2) is 27.4 Å². The molecule has 0 atom stereocenters. The molecular weight excluding hydrogens is 417 g/mol. The third-order valence-electron chi connectivity index (χ3n) is 5.00. The Labute approximate surface area is 184 Å². The summed E-state index contributed by atoms with van der Waals surface area (Å²) in [6, 6.07) is 8.82. The van der Waals surface area contributed by atoms with Crippen LogP contribution in [0.5, 0.6) is 5.75 Å². The van der Waals surface area contributed by atoms with E-state index in [9.17, 15) is 4.79 Å². The van der Waals surface area contributed by atoms with E-state index in [1.54, 1.807) is 13.2 Å². The predicted molar refractivity (Wildman–Crippen MR) is 101 cm³/mol. The fraction of sp³-hybridized carbons (Fsp3) is 0.333. The zero-order chi connectivity index (χ0) is 19.0. The summed E-state index contributed by atoms with van der Waals surface area (Å²) in [5.41, 5.74) is 7.34. The summed E-state index contributed by atoms with van der Waals surface area (Å²) in [6.45, 7) is 10.5. The molecule has 0 bridgehead atoms. The van der Waals surface area contributed by atoms with Crippen LogP contribution in [0.1, 0.15) is 33.4 Å². The maximum Gasteiger partial charge on any atom is 0.437 e. The molecular formula is C21H23N2O3Y-. The molecule has 1 radical (unpaired) electrons.